The van der Waals surface area contributed by atoms with Gasteiger partial charge in [0.1, 0.15) is 5.75 Å². The topological polar surface area (TPSA) is 41.6 Å². The molecule has 0 saturated heterocycles. The van der Waals surface area contributed by atoms with Gasteiger partial charge in [-0.3, -0.25) is 4.79 Å². The smallest absolute Gasteiger partial charge is 0.266 e. The summed E-state index contributed by atoms with van der Waals surface area (Å²) >= 11 is 0. The third-order valence-corrected chi connectivity index (χ3v) is 3.30. The van der Waals surface area contributed by atoms with Crippen LogP contribution in [0.4, 0.5) is 5.69 Å². The standard InChI is InChI=1S/C16H22N2O2/c1-5-10-18(16(2,3)4)15(19)14-11-17-12-8-6-7-9-13(12)20-14/h5-9,14,17H,1,10-11H2,2-4H3. The Kier molecular flexibility index (Phi) is 4.02. The van der Waals surface area contributed by atoms with Crippen LogP contribution < -0.4 is 10.1 Å². The van der Waals surface area contributed by atoms with E-state index in [9.17, 15) is 4.79 Å². The van der Waals surface area contributed by atoms with Crippen LogP contribution in [0.2, 0.25) is 0 Å². The fourth-order valence-corrected chi connectivity index (χ4v) is 2.25. The third-order valence-electron chi connectivity index (χ3n) is 3.30. The molecule has 1 aliphatic rings. The van der Waals surface area contributed by atoms with E-state index >= 15 is 0 Å². The van der Waals surface area contributed by atoms with Crippen LogP contribution in [0.5, 0.6) is 5.75 Å². The highest BCUT2D eigenvalue weighted by Gasteiger charge is 2.34. The zero-order valence-corrected chi connectivity index (χ0v) is 12.3. The van der Waals surface area contributed by atoms with Crippen LogP contribution in [0.15, 0.2) is 36.9 Å². The molecular weight excluding hydrogens is 252 g/mol. The van der Waals surface area contributed by atoms with Gasteiger partial charge < -0.3 is 15.0 Å². The molecular formula is C16H22N2O2. The van der Waals surface area contributed by atoms with Gasteiger partial charge in [-0.05, 0) is 32.9 Å². The van der Waals surface area contributed by atoms with E-state index in [4.69, 9.17) is 4.74 Å². The van der Waals surface area contributed by atoms with Crippen LogP contribution in [0.25, 0.3) is 0 Å². The molecule has 1 aromatic carbocycles. The maximum Gasteiger partial charge on any atom is 0.266 e. The van der Waals surface area contributed by atoms with E-state index in [1.54, 1.807) is 11.0 Å². The van der Waals surface area contributed by atoms with Gasteiger partial charge in [-0.15, -0.1) is 6.58 Å². The van der Waals surface area contributed by atoms with Gasteiger partial charge in [0, 0.05) is 12.1 Å². The molecule has 4 heteroatoms. The minimum atomic E-state index is -0.496. The molecule has 1 heterocycles. The molecule has 1 N–H and O–H groups in total. The minimum absolute atomic E-state index is 0.0144. The van der Waals surface area contributed by atoms with Crippen LogP contribution in [-0.2, 0) is 4.79 Å². The van der Waals surface area contributed by atoms with Crippen molar-refractivity contribution in [1.29, 1.82) is 0 Å². The number of fused-ring (bicyclic) bond motifs is 1. The van der Waals surface area contributed by atoms with Crippen molar-refractivity contribution < 1.29 is 9.53 Å². The van der Waals surface area contributed by atoms with Gasteiger partial charge in [0.15, 0.2) is 6.10 Å². The highest BCUT2D eigenvalue weighted by molar-refractivity contribution is 5.84. The lowest BCUT2D eigenvalue weighted by atomic mass is 10.0. The predicted molar refractivity (Wildman–Crippen MR) is 81.0 cm³/mol. The summed E-state index contributed by atoms with van der Waals surface area (Å²) in [6.07, 6.45) is 1.25. The van der Waals surface area contributed by atoms with E-state index in [1.807, 2.05) is 45.0 Å². The van der Waals surface area contributed by atoms with Gasteiger partial charge in [0.25, 0.3) is 5.91 Å². The molecule has 4 nitrogen and oxygen atoms in total. The first kappa shape index (κ1) is 14.4. The molecule has 1 atom stereocenters. The Morgan fingerprint density at radius 2 is 2.20 bits per heavy atom. The number of ether oxygens (including phenoxy) is 1. The summed E-state index contributed by atoms with van der Waals surface area (Å²) in [7, 11) is 0. The summed E-state index contributed by atoms with van der Waals surface area (Å²) in [4.78, 5) is 14.4. The van der Waals surface area contributed by atoms with Crippen LogP contribution in [0.1, 0.15) is 20.8 Å². The first-order valence-corrected chi connectivity index (χ1v) is 6.85. The number of carbonyl (C=O) groups is 1. The molecule has 1 aromatic rings. The predicted octanol–water partition coefficient (Wildman–Crippen LogP) is 2.67. The monoisotopic (exact) mass is 274 g/mol. The van der Waals surface area contributed by atoms with E-state index in [1.165, 1.54) is 0 Å². The number of para-hydroxylation sites is 2. The Bertz CT molecular complexity index is 505. The molecule has 108 valence electrons. The molecule has 0 bridgehead atoms. The van der Waals surface area contributed by atoms with Crippen molar-refractivity contribution in [3.05, 3.63) is 36.9 Å². The van der Waals surface area contributed by atoms with E-state index < -0.39 is 6.10 Å². The Morgan fingerprint density at radius 1 is 1.50 bits per heavy atom. The highest BCUT2D eigenvalue weighted by Crippen LogP contribution is 2.29. The number of nitrogens with zero attached hydrogens (tertiary/aromatic N) is 1. The van der Waals surface area contributed by atoms with Gasteiger partial charge >= 0.3 is 0 Å². The second-order valence-corrected chi connectivity index (χ2v) is 5.89. The number of benzene rings is 1. The molecule has 0 saturated carbocycles. The third kappa shape index (κ3) is 2.95. The average Bonchev–Trinajstić information content (AvgIpc) is 2.42. The summed E-state index contributed by atoms with van der Waals surface area (Å²) in [5, 5.41) is 3.24. The molecule has 1 unspecified atom stereocenters. The Balaban J connectivity index is 2.16. The van der Waals surface area contributed by atoms with Gasteiger partial charge in [-0.1, -0.05) is 18.2 Å². The number of rotatable bonds is 3. The largest absolute Gasteiger partial charge is 0.477 e. The lowest BCUT2D eigenvalue weighted by molar-refractivity contribution is -0.142. The van der Waals surface area contributed by atoms with Crippen molar-refractivity contribution in [2.75, 3.05) is 18.4 Å². The second-order valence-electron chi connectivity index (χ2n) is 5.89. The van der Waals surface area contributed by atoms with E-state index in [2.05, 4.69) is 11.9 Å². The number of amides is 1. The molecule has 1 amide bonds. The Morgan fingerprint density at radius 3 is 2.85 bits per heavy atom. The fraction of sp³-hybridized carbons (Fsp3) is 0.438. The van der Waals surface area contributed by atoms with Crippen molar-refractivity contribution in [1.82, 2.24) is 4.90 Å². The van der Waals surface area contributed by atoms with E-state index in [0.29, 0.717) is 13.1 Å². The molecule has 20 heavy (non-hydrogen) atoms. The summed E-state index contributed by atoms with van der Waals surface area (Å²) in [5.41, 5.74) is 0.675. The van der Waals surface area contributed by atoms with Crippen LogP contribution >= 0.6 is 0 Å². The summed E-state index contributed by atoms with van der Waals surface area (Å²) in [6.45, 7) is 10.8. The average molecular weight is 274 g/mol. The zero-order valence-electron chi connectivity index (χ0n) is 12.3. The molecule has 1 aliphatic heterocycles. The summed E-state index contributed by atoms with van der Waals surface area (Å²) in [6, 6.07) is 7.66. The zero-order chi connectivity index (χ0) is 14.8. The lowest BCUT2D eigenvalue weighted by Crippen LogP contribution is -2.53. The molecule has 0 aromatic heterocycles. The normalized spacial score (nSPS) is 17.4. The van der Waals surface area contributed by atoms with Gasteiger partial charge in [-0.2, -0.15) is 0 Å². The molecule has 0 fully saturated rings. The lowest BCUT2D eigenvalue weighted by Gasteiger charge is -2.38. The van der Waals surface area contributed by atoms with E-state index in [0.717, 1.165) is 11.4 Å². The van der Waals surface area contributed by atoms with Crippen LogP contribution in [0, 0.1) is 0 Å². The number of carbonyl (C=O) groups excluding carboxylic acids is 1. The molecule has 0 spiro atoms. The first-order valence-electron chi connectivity index (χ1n) is 6.85. The summed E-state index contributed by atoms with van der Waals surface area (Å²) < 4.78 is 5.83. The summed E-state index contributed by atoms with van der Waals surface area (Å²) in [5.74, 6) is 0.712. The quantitative estimate of drug-likeness (QED) is 0.862. The van der Waals surface area contributed by atoms with Crippen LogP contribution in [0.3, 0.4) is 0 Å². The van der Waals surface area contributed by atoms with Gasteiger partial charge in [0.05, 0.1) is 12.2 Å². The SMILES string of the molecule is C=CCN(C(=O)C1CNc2ccccc2O1)C(C)(C)C. The molecule has 0 radical (unpaired) electrons. The van der Waals surface area contributed by atoms with Gasteiger partial charge in [0.2, 0.25) is 0 Å². The first-order chi connectivity index (χ1) is 9.43. The second kappa shape index (κ2) is 5.57. The highest BCUT2D eigenvalue weighted by atomic mass is 16.5. The van der Waals surface area contributed by atoms with Crippen LogP contribution in [-0.4, -0.2) is 35.5 Å². The van der Waals surface area contributed by atoms with E-state index in [-0.39, 0.29) is 11.4 Å². The molecule has 2 rings (SSSR count). The molecule has 0 aliphatic carbocycles. The number of hydrogen-bond acceptors (Lipinski definition) is 3. The van der Waals surface area contributed by atoms with Crippen molar-refractivity contribution in [2.45, 2.75) is 32.4 Å². The fourth-order valence-electron chi connectivity index (χ4n) is 2.25. The van der Waals surface area contributed by atoms with Crippen molar-refractivity contribution in [2.24, 2.45) is 0 Å². The van der Waals surface area contributed by atoms with Gasteiger partial charge in [-0.25, -0.2) is 0 Å². The number of hydrogen-bond donors (Lipinski definition) is 1. The van der Waals surface area contributed by atoms with Crippen molar-refractivity contribution in [3.8, 4) is 5.75 Å². The van der Waals surface area contributed by atoms with Crippen molar-refractivity contribution in [3.63, 3.8) is 0 Å². The maximum atomic E-state index is 12.7. The Labute approximate surface area is 120 Å². The number of anilines is 1. The Hall–Kier alpha value is -1.97. The maximum absolute atomic E-state index is 12.7. The van der Waals surface area contributed by atoms with Crippen molar-refractivity contribution >= 4 is 11.6 Å². The minimum Gasteiger partial charge on any atom is -0.477 e. The number of nitrogens with one attached hydrogen (secondary N) is 1.